The molecule has 7 nitrogen and oxygen atoms in total. The van der Waals surface area contributed by atoms with Crippen LogP contribution in [0.15, 0.2) is 24.7 Å². The Bertz CT molecular complexity index is 1330. The molecule has 4 saturated carbocycles. The maximum atomic E-state index is 13.7. The SMILES string of the molecule is Cc1cnc2c(C34CC(C3)[C@@H](C(F)(F)F)C4)nc(N3C[C@@H](C)O[C@@H](c4cnn(C5CC5)c4)C3)cc2n1. The van der Waals surface area contributed by atoms with Gasteiger partial charge in [-0.1, -0.05) is 0 Å². The maximum Gasteiger partial charge on any atom is 0.392 e. The van der Waals surface area contributed by atoms with Crippen LogP contribution in [0.2, 0.25) is 0 Å². The Hall–Kier alpha value is -2.75. The maximum absolute atomic E-state index is 13.7. The van der Waals surface area contributed by atoms with Crippen LogP contribution in [0, 0.1) is 18.8 Å². The van der Waals surface area contributed by atoms with E-state index in [4.69, 9.17) is 14.7 Å². The van der Waals surface area contributed by atoms with E-state index in [1.807, 2.05) is 30.8 Å². The van der Waals surface area contributed by atoms with E-state index < -0.39 is 17.5 Å². The number of fused-ring (bicyclic) bond motifs is 2. The first kappa shape index (κ1) is 22.4. The fourth-order valence-corrected chi connectivity index (χ4v) is 6.67. The molecule has 3 aromatic rings. The smallest absolute Gasteiger partial charge is 0.367 e. The number of ether oxygens (including phenoxy) is 1. The molecular formula is C26H29F3N6O. The van der Waals surface area contributed by atoms with Gasteiger partial charge in [0.25, 0.3) is 0 Å². The number of anilines is 1. The van der Waals surface area contributed by atoms with Gasteiger partial charge in [0.2, 0.25) is 0 Å². The average molecular weight is 499 g/mol. The third kappa shape index (κ3) is 3.59. The van der Waals surface area contributed by atoms with Crippen LogP contribution in [0.1, 0.15) is 68.1 Å². The van der Waals surface area contributed by atoms with Gasteiger partial charge < -0.3 is 9.64 Å². The van der Waals surface area contributed by atoms with E-state index in [9.17, 15) is 13.2 Å². The fraction of sp³-hybridized carbons (Fsp3) is 0.615. The molecule has 3 aromatic heterocycles. The Morgan fingerprint density at radius 2 is 1.89 bits per heavy atom. The van der Waals surface area contributed by atoms with Crippen LogP contribution in [-0.2, 0) is 10.2 Å². The Kier molecular flexibility index (Phi) is 4.76. The predicted octanol–water partition coefficient (Wildman–Crippen LogP) is 5.06. The number of pyridine rings is 1. The van der Waals surface area contributed by atoms with Crippen molar-refractivity contribution in [3.8, 4) is 0 Å². The summed E-state index contributed by atoms with van der Waals surface area (Å²) in [6, 6.07) is 2.43. The summed E-state index contributed by atoms with van der Waals surface area (Å²) < 4.78 is 49.4. The highest BCUT2D eigenvalue weighted by atomic mass is 19.4. The van der Waals surface area contributed by atoms with E-state index in [-0.39, 0.29) is 24.5 Å². The van der Waals surface area contributed by atoms with Crippen LogP contribution < -0.4 is 4.90 Å². The van der Waals surface area contributed by atoms with Crippen molar-refractivity contribution in [1.82, 2.24) is 24.7 Å². The van der Waals surface area contributed by atoms with Gasteiger partial charge in [0, 0.05) is 36.0 Å². The summed E-state index contributed by atoms with van der Waals surface area (Å²) in [4.78, 5) is 16.6. The molecule has 5 fully saturated rings. The zero-order valence-corrected chi connectivity index (χ0v) is 20.4. The minimum Gasteiger partial charge on any atom is -0.367 e. The van der Waals surface area contributed by atoms with Gasteiger partial charge in [-0.3, -0.25) is 9.67 Å². The molecule has 5 aliphatic rings. The number of nitrogens with zero attached hydrogens (tertiary/aromatic N) is 6. The minimum absolute atomic E-state index is 0.0371. The van der Waals surface area contributed by atoms with Gasteiger partial charge in [-0.05, 0) is 51.9 Å². The van der Waals surface area contributed by atoms with E-state index in [0.717, 1.165) is 29.9 Å². The van der Waals surface area contributed by atoms with Crippen LogP contribution in [0.3, 0.4) is 0 Å². The van der Waals surface area contributed by atoms with Gasteiger partial charge >= 0.3 is 6.18 Å². The van der Waals surface area contributed by atoms with Crippen LogP contribution in [0.4, 0.5) is 19.0 Å². The topological polar surface area (TPSA) is 69.0 Å². The van der Waals surface area contributed by atoms with E-state index in [1.165, 1.54) is 0 Å². The molecule has 0 aromatic carbocycles. The molecule has 3 atom stereocenters. The van der Waals surface area contributed by atoms with E-state index in [1.54, 1.807) is 6.20 Å². The van der Waals surface area contributed by atoms with Crippen molar-refractivity contribution in [3.63, 3.8) is 0 Å². The first-order valence-electron chi connectivity index (χ1n) is 12.8. The molecular weight excluding hydrogens is 469 g/mol. The Morgan fingerprint density at radius 1 is 1.08 bits per heavy atom. The third-order valence-electron chi connectivity index (χ3n) is 8.54. The molecule has 0 N–H and O–H groups in total. The first-order valence-corrected chi connectivity index (χ1v) is 12.8. The summed E-state index contributed by atoms with van der Waals surface area (Å²) in [5, 5.41) is 4.53. The molecule has 1 saturated heterocycles. The monoisotopic (exact) mass is 498 g/mol. The van der Waals surface area contributed by atoms with Gasteiger partial charge in [0.15, 0.2) is 0 Å². The molecule has 10 heteroatoms. The van der Waals surface area contributed by atoms with E-state index in [0.29, 0.717) is 48.7 Å². The number of halogens is 3. The number of hydrogen-bond acceptors (Lipinski definition) is 6. The highest BCUT2D eigenvalue weighted by molar-refractivity contribution is 5.81. The van der Waals surface area contributed by atoms with E-state index in [2.05, 4.69) is 21.2 Å². The van der Waals surface area contributed by atoms with Crippen LogP contribution in [0.5, 0.6) is 0 Å². The molecule has 8 rings (SSSR count). The standard InChI is InChI=1S/C26H29F3N6O/c1-14-9-30-23-20(32-14)5-22(33-24(23)25-6-16(7-25)19(8-25)26(27,28)29)34-11-15(2)36-21(13-34)17-10-31-35(12-17)18-3-4-18/h5,9-10,12,15-16,18-19,21H,3-4,6-8,11,13H2,1-2H3/t15-,16?,19+,21-,25?/m1/s1. The van der Waals surface area contributed by atoms with Crippen molar-refractivity contribution in [2.24, 2.45) is 11.8 Å². The molecule has 0 unspecified atom stereocenters. The molecule has 36 heavy (non-hydrogen) atoms. The summed E-state index contributed by atoms with van der Waals surface area (Å²) in [6.07, 6.45) is 4.73. The summed E-state index contributed by atoms with van der Waals surface area (Å²) in [6.45, 7) is 5.16. The molecule has 2 bridgehead atoms. The lowest BCUT2D eigenvalue weighted by molar-refractivity contribution is -0.180. The average Bonchev–Trinajstić information content (AvgIpc) is 3.24. The van der Waals surface area contributed by atoms with Crippen LogP contribution in [0.25, 0.3) is 11.0 Å². The van der Waals surface area contributed by atoms with Crippen LogP contribution >= 0.6 is 0 Å². The lowest BCUT2D eigenvalue weighted by Gasteiger charge is -2.40. The summed E-state index contributed by atoms with van der Waals surface area (Å²) in [7, 11) is 0. The minimum atomic E-state index is -4.17. The number of aromatic nitrogens is 5. The van der Waals surface area contributed by atoms with Crippen molar-refractivity contribution < 1.29 is 17.9 Å². The Labute approximate surface area is 207 Å². The molecule has 190 valence electrons. The number of rotatable bonds is 4. The van der Waals surface area contributed by atoms with Crippen molar-refractivity contribution >= 4 is 16.9 Å². The van der Waals surface area contributed by atoms with Gasteiger partial charge in [-0.2, -0.15) is 18.3 Å². The normalized spacial score (nSPS) is 32.2. The number of alkyl halides is 3. The van der Waals surface area contributed by atoms with Crippen molar-refractivity contribution in [3.05, 3.63) is 41.6 Å². The summed E-state index contributed by atoms with van der Waals surface area (Å²) in [5.41, 5.74) is 3.25. The second-order valence-corrected chi connectivity index (χ2v) is 11.3. The molecule has 0 radical (unpaired) electrons. The van der Waals surface area contributed by atoms with Gasteiger partial charge in [0.1, 0.15) is 17.4 Å². The summed E-state index contributed by atoms with van der Waals surface area (Å²) in [5.74, 6) is -0.840. The van der Waals surface area contributed by atoms with Gasteiger partial charge in [-0.25, -0.2) is 9.97 Å². The van der Waals surface area contributed by atoms with Gasteiger partial charge in [-0.15, -0.1) is 0 Å². The zero-order valence-electron chi connectivity index (χ0n) is 20.4. The highest BCUT2D eigenvalue weighted by Gasteiger charge is 2.65. The second-order valence-electron chi connectivity index (χ2n) is 11.3. The van der Waals surface area contributed by atoms with Gasteiger partial charge in [0.05, 0.1) is 47.7 Å². The lowest BCUT2D eigenvalue weighted by Crippen LogP contribution is -2.43. The number of aryl methyl sites for hydroxylation is 1. The Morgan fingerprint density at radius 3 is 2.61 bits per heavy atom. The van der Waals surface area contributed by atoms with Crippen molar-refractivity contribution in [1.29, 1.82) is 0 Å². The van der Waals surface area contributed by atoms with Crippen molar-refractivity contribution in [2.75, 3.05) is 18.0 Å². The fourth-order valence-electron chi connectivity index (χ4n) is 6.67. The second kappa shape index (κ2) is 7.63. The first-order chi connectivity index (χ1) is 17.2. The molecule has 4 aliphatic carbocycles. The predicted molar refractivity (Wildman–Crippen MR) is 127 cm³/mol. The quantitative estimate of drug-likeness (QED) is 0.501. The van der Waals surface area contributed by atoms with E-state index >= 15 is 0 Å². The molecule has 4 heterocycles. The Balaban J connectivity index is 1.25. The van der Waals surface area contributed by atoms with Crippen molar-refractivity contribution in [2.45, 2.75) is 75.8 Å². The molecule has 0 spiro atoms. The molecule has 1 aliphatic heterocycles. The lowest BCUT2D eigenvalue weighted by atomic mass is 9.67. The highest BCUT2D eigenvalue weighted by Crippen LogP contribution is 2.66. The van der Waals surface area contributed by atoms with Crippen LogP contribution in [-0.4, -0.2) is 50.1 Å². The summed E-state index contributed by atoms with van der Waals surface area (Å²) >= 11 is 0. The number of hydrogen-bond donors (Lipinski definition) is 0. The largest absolute Gasteiger partial charge is 0.392 e. The number of morpholine rings is 1. The molecule has 0 amide bonds. The third-order valence-corrected chi connectivity index (χ3v) is 8.54. The zero-order chi connectivity index (χ0) is 24.8.